The molecule has 1 radical (unpaired) electrons. The maximum Gasteiger partial charge on any atom is 0 e. The monoisotopic (exact) mass is 288 g/mol. The van der Waals surface area contributed by atoms with Crippen molar-refractivity contribution in [1.82, 2.24) is 0 Å². The van der Waals surface area contributed by atoms with Gasteiger partial charge in [-0.2, -0.15) is 6.07 Å². The molecule has 0 atom stereocenters. The molecule has 0 unspecified atom stereocenters. The number of halogens is 3. The fourth-order valence-corrected chi connectivity index (χ4v) is 1.31. The average Bonchev–Trinajstić information content (AvgIpc) is 2.27. The average molecular weight is 290 g/mol. The molecule has 0 amide bonds. The smallest absolute Gasteiger partial charge is 0 e. The van der Waals surface area contributed by atoms with Crippen molar-refractivity contribution in [2.75, 3.05) is 0 Å². The van der Waals surface area contributed by atoms with Crippen molar-refractivity contribution < 1.29 is 18.6 Å². The maximum absolute atomic E-state index is 2.20. The van der Waals surface area contributed by atoms with Crippen molar-refractivity contribution in [3.8, 4) is 0 Å². The molecule has 14 heavy (non-hydrogen) atoms. The van der Waals surface area contributed by atoms with Crippen LogP contribution in [0.5, 0.6) is 0 Å². The minimum absolute atomic E-state index is 0. The van der Waals surface area contributed by atoms with Crippen molar-refractivity contribution in [2.45, 2.75) is 6.92 Å². The quantitative estimate of drug-likeness (QED) is 0.640. The van der Waals surface area contributed by atoms with E-state index in [1.54, 1.807) is 0 Å². The second-order valence-electron chi connectivity index (χ2n) is 2.66. The zero-order valence-corrected chi connectivity index (χ0v) is 11.5. The van der Waals surface area contributed by atoms with E-state index < -0.39 is 0 Å². The molecule has 0 aliphatic rings. The fourth-order valence-electron chi connectivity index (χ4n) is 1.31. The van der Waals surface area contributed by atoms with Gasteiger partial charge in [-0.05, 0) is 0 Å². The first kappa shape index (κ1) is 19.8. The van der Waals surface area contributed by atoms with Crippen LogP contribution in [0.15, 0.2) is 36.4 Å². The summed E-state index contributed by atoms with van der Waals surface area (Å²) in [4.78, 5) is 0. The Morgan fingerprint density at radius 1 is 1.00 bits per heavy atom. The number of aryl methyl sites for hydroxylation is 1. The molecule has 0 saturated carbocycles. The molecule has 0 spiro atoms. The molecule has 0 bridgehead atoms. The Bertz CT molecular complexity index is 324. The Morgan fingerprint density at radius 2 is 1.57 bits per heavy atom. The van der Waals surface area contributed by atoms with E-state index in [0.717, 1.165) is 0 Å². The second kappa shape index (κ2) is 8.58. The molecule has 2 aromatic carbocycles. The summed E-state index contributed by atoms with van der Waals surface area (Å²) >= 11 is 0. The van der Waals surface area contributed by atoms with Gasteiger partial charge in [0.05, 0.1) is 0 Å². The number of fused-ring (bicyclic) bond motifs is 1. The molecule has 0 saturated heterocycles. The number of benzene rings is 1. The normalized spacial score (nSPS) is 7.50. The molecule has 2 aromatic rings. The topological polar surface area (TPSA) is 0 Å². The predicted molar refractivity (Wildman–Crippen MR) is 66.0 cm³/mol. The van der Waals surface area contributed by atoms with Gasteiger partial charge >= 0.3 is 0 Å². The van der Waals surface area contributed by atoms with Gasteiger partial charge in [-0.15, -0.1) is 77.8 Å². The van der Waals surface area contributed by atoms with Crippen molar-refractivity contribution in [3.63, 3.8) is 0 Å². The van der Waals surface area contributed by atoms with Crippen molar-refractivity contribution >= 4 is 48.0 Å². The van der Waals surface area contributed by atoms with Gasteiger partial charge in [0.2, 0.25) is 0 Å². The van der Waals surface area contributed by atoms with Crippen molar-refractivity contribution in [1.29, 1.82) is 0 Å². The Kier molecular flexibility index (Phi) is 12.1. The van der Waals surface area contributed by atoms with Crippen LogP contribution in [0.3, 0.4) is 0 Å². The van der Waals surface area contributed by atoms with Crippen LogP contribution in [0.4, 0.5) is 0 Å². The third-order valence-corrected chi connectivity index (χ3v) is 1.76. The zero-order chi connectivity index (χ0) is 6.97. The van der Waals surface area contributed by atoms with Gasteiger partial charge in [-0.1, -0.05) is 13.0 Å². The van der Waals surface area contributed by atoms with Gasteiger partial charge in [0, 0.05) is 18.6 Å². The second-order valence-corrected chi connectivity index (χ2v) is 2.66. The van der Waals surface area contributed by atoms with Crippen molar-refractivity contribution in [2.24, 2.45) is 0 Å². The molecular formula is C10H12Cl3V-. The molecule has 0 aliphatic carbocycles. The van der Waals surface area contributed by atoms with E-state index in [1.807, 2.05) is 0 Å². The Balaban J connectivity index is -0.000000302. The molecule has 0 aliphatic heterocycles. The number of rotatable bonds is 0. The van der Waals surface area contributed by atoms with Gasteiger partial charge in [0.1, 0.15) is 0 Å². The standard InChI is InChI=1S/C10H9.3ClH.V/c1-8-6-9-4-2-3-5-10(9)7-8;;;;/h2-7H,1H3;3*1H;/q-1;;;;. The minimum atomic E-state index is 0. The van der Waals surface area contributed by atoms with E-state index in [4.69, 9.17) is 0 Å². The number of hydrogen-bond acceptors (Lipinski definition) is 0. The van der Waals surface area contributed by atoms with E-state index in [-0.39, 0.29) is 55.8 Å². The van der Waals surface area contributed by atoms with Crippen LogP contribution < -0.4 is 0 Å². The summed E-state index contributed by atoms with van der Waals surface area (Å²) in [6.07, 6.45) is 0. The molecule has 79 valence electrons. The minimum Gasteiger partial charge on any atom is -0.165 e. The van der Waals surface area contributed by atoms with Crippen LogP contribution in [-0.2, 0) is 18.6 Å². The first-order chi connectivity index (χ1) is 4.86. The molecule has 0 aromatic heterocycles. The van der Waals surface area contributed by atoms with Gasteiger partial charge in [0.25, 0.3) is 0 Å². The number of hydrogen-bond donors (Lipinski definition) is 0. The van der Waals surface area contributed by atoms with E-state index in [0.29, 0.717) is 0 Å². The third kappa shape index (κ3) is 4.21. The molecule has 0 fully saturated rings. The summed E-state index contributed by atoms with van der Waals surface area (Å²) < 4.78 is 0. The molecule has 4 heteroatoms. The van der Waals surface area contributed by atoms with Crippen LogP contribution in [0, 0.1) is 6.92 Å². The SMILES string of the molecule is Cc1cc2ccccc2[cH-]1.Cl.Cl.Cl.[V]. The summed E-state index contributed by atoms with van der Waals surface area (Å²) in [6, 6.07) is 12.8. The fraction of sp³-hybridized carbons (Fsp3) is 0.100. The van der Waals surface area contributed by atoms with E-state index in [9.17, 15) is 0 Å². The summed E-state index contributed by atoms with van der Waals surface area (Å²) in [6.45, 7) is 2.12. The predicted octanol–water partition coefficient (Wildman–Crippen LogP) is 4.13. The summed E-state index contributed by atoms with van der Waals surface area (Å²) in [5, 5.41) is 2.69. The summed E-state index contributed by atoms with van der Waals surface area (Å²) in [5.74, 6) is 0. The molecule has 2 rings (SSSR count). The largest absolute Gasteiger partial charge is 0.165 e. The molecule has 0 heterocycles. The van der Waals surface area contributed by atoms with Crippen LogP contribution in [0.1, 0.15) is 5.56 Å². The first-order valence-electron chi connectivity index (χ1n) is 3.48. The summed E-state index contributed by atoms with van der Waals surface area (Å²) in [5.41, 5.74) is 1.35. The van der Waals surface area contributed by atoms with Gasteiger partial charge in [0.15, 0.2) is 0 Å². The maximum atomic E-state index is 2.20. The van der Waals surface area contributed by atoms with Gasteiger partial charge < -0.3 is 0 Å². The van der Waals surface area contributed by atoms with Crippen LogP contribution in [0.25, 0.3) is 10.8 Å². The van der Waals surface area contributed by atoms with Gasteiger partial charge in [-0.25, -0.2) is 0 Å². The summed E-state index contributed by atoms with van der Waals surface area (Å²) in [7, 11) is 0. The molecular weight excluding hydrogens is 277 g/mol. The van der Waals surface area contributed by atoms with Crippen molar-refractivity contribution in [3.05, 3.63) is 42.0 Å². The van der Waals surface area contributed by atoms with Crippen LogP contribution in [-0.4, -0.2) is 0 Å². The Hall–Kier alpha value is 0.284. The molecule has 0 nitrogen and oxygen atoms in total. The van der Waals surface area contributed by atoms with E-state index in [1.165, 1.54) is 16.3 Å². The van der Waals surface area contributed by atoms with E-state index >= 15 is 0 Å². The third-order valence-electron chi connectivity index (χ3n) is 1.76. The van der Waals surface area contributed by atoms with Crippen LogP contribution >= 0.6 is 37.2 Å². The Labute approximate surface area is 115 Å². The molecule has 0 N–H and O–H groups in total. The Morgan fingerprint density at radius 3 is 2.14 bits per heavy atom. The first-order valence-corrected chi connectivity index (χ1v) is 3.48. The van der Waals surface area contributed by atoms with Crippen LogP contribution in [0.2, 0.25) is 0 Å². The zero-order valence-electron chi connectivity index (χ0n) is 7.64. The van der Waals surface area contributed by atoms with Gasteiger partial charge in [-0.3, -0.25) is 0 Å². The van der Waals surface area contributed by atoms with E-state index in [2.05, 4.69) is 43.3 Å².